The quantitative estimate of drug-likeness (QED) is 0.388. The van der Waals surface area contributed by atoms with Crippen LogP contribution in [-0.4, -0.2) is 61.9 Å². The number of carbonyl (C=O) groups excluding carboxylic acids is 2. The summed E-state index contributed by atoms with van der Waals surface area (Å²) >= 11 is 0. The number of hydrogen-bond acceptors (Lipinski definition) is 8. The second-order valence-corrected chi connectivity index (χ2v) is 6.23. The molecule has 1 amide bonds. The molecule has 128 valence electrons. The first-order valence-corrected chi connectivity index (χ1v) is 8.05. The fourth-order valence-corrected chi connectivity index (χ4v) is 2.57. The highest BCUT2D eigenvalue weighted by molar-refractivity contribution is 7.47. The first-order chi connectivity index (χ1) is 10.2. The zero-order valence-corrected chi connectivity index (χ0v) is 13.4. The van der Waals surface area contributed by atoms with E-state index in [1.807, 2.05) is 0 Å². The number of phosphoric ester groups is 1. The topological polar surface area (TPSA) is 146 Å². The van der Waals surface area contributed by atoms with Crippen LogP contribution in [0, 0.1) is 0 Å². The van der Waals surface area contributed by atoms with E-state index in [0.29, 0.717) is 0 Å². The van der Waals surface area contributed by atoms with Crippen molar-refractivity contribution in [3.63, 3.8) is 0 Å². The predicted octanol–water partition coefficient (Wildman–Crippen LogP) is -1.09. The molecule has 0 aliphatic carbocycles. The summed E-state index contributed by atoms with van der Waals surface area (Å²) in [5.41, 5.74) is 5.51. The molecule has 5 atom stereocenters. The Morgan fingerprint density at radius 2 is 2.18 bits per heavy atom. The van der Waals surface area contributed by atoms with Gasteiger partial charge in [-0.25, -0.2) is 4.57 Å². The second-order valence-electron chi connectivity index (χ2n) is 4.71. The second kappa shape index (κ2) is 8.00. The summed E-state index contributed by atoms with van der Waals surface area (Å²) in [6, 6.07) is -1.04. The van der Waals surface area contributed by atoms with Crippen LogP contribution < -0.4 is 11.1 Å². The van der Waals surface area contributed by atoms with E-state index in [0.717, 1.165) is 7.11 Å². The lowest BCUT2D eigenvalue weighted by molar-refractivity contribution is -0.154. The monoisotopic (exact) mass is 340 g/mol. The Morgan fingerprint density at radius 3 is 2.73 bits per heavy atom. The minimum atomic E-state index is -4.25. The Morgan fingerprint density at radius 1 is 1.55 bits per heavy atom. The summed E-state index contributed by atoms with van der Waals surface area (Å²) in [5, 5.41) is 2.31. The maximum atomic E-state index is 11.8. The molecule has 0 bridgehead atoms. The van der Waals surface area contributed by atoms with Crippen LogP contribution in [0.4, 0.5) is 0 Å². The predicted molar refractivity (Wildman–Crippen MR) is 73.7 cm³/mol. The Kier molecular flexibility index (Phi) is 6.92. The molecule has 0 spiro atoms. The summed E-state index contributed by atoms with van der Waals surface area (Å²) in [6.07, 6.45) is -2.76. The molecule has 0 aromatic carbocycles. The van der Waals surface area contributed by atoms with E-state index in [1.165, 1.54) is 7.05 Å². The number of ether oxygens (including phenoxy) is 2. The van der Waals surface area contributed by atoms with E-state index >= 15 is 0 Å². The number of amides is 1. The van der Waals surface area contributed by atoms with E-state index in [1.54, 1.807) is 6.92 Å². The highest BCUT2D eigenvalue weighted by atomic mass is 31.2. The molecule has 3 unspecified atom stereocenters. The molecule has 1 rings (SSSR count). The Labute approximate surface area is 127 Å². The number of phosphoric acid groups is 1. The van der Waals surface area contributed by atoms with Gasteiger partial charge in [-0.15, -0.1) is 0 Å². The van der Waals surface area contributed by atoms with Gasteiger partial charge in [0.15, 0.2) is 6.10 Å². The van der Waals surface area contributed by atoms with E-state index in [9.17, 15) is 19.0 Å². The van der Waals surface area contributed by atoms with Gasteiger partial charge in [0.1, 0.15) is 6.10 Å². The van der Waals surface area contributed by atoms with Crippen LogP contribution in [0.2, 0.25) is 0 Å². The van der Waals surface area contributed by atoms with Gasteiger partial charge in [0.25, 0.3) is 0 Å². The van der Waals surface area contributed by atoms with Crippen molar-refractivity contribution in [2.75, 3.05) is 20.8 Å². The largest absolute Gasteiger partial charge is 0.472 e. The molecule has 1 fully saturated rings. The Hall–Kier alpha value is -1.03. The third kappa shape index (κ3) is 5.31. The lowest BCUT2D eigenvalue weighted by atomic mass is 10.1. The molecule has 1 aliphatic rings. The van der Waals surface area contributed by atoms with Crippen molar-refractivity contribution in [2.45, 2.75) is 37.7 Å². The molecule has 1 heterocycles. The SMILES string of the molecule is CNC(=O)C(N)CC(=O)OC1CO[C@H](C)[C@@H]1OP(=O)(O)OC. The lowest BCUT2D eigenvalue weighted by Crippen LogP contribution is -2.42. The molecular formula is C11H21N2O8P. The first kappa shape index (κ1) is 19.0. The summed E-state index contributed by atoms with van der Waals surface area (Å²) in [6.45, 7) is 1.60. The van der Waals surface area contributed by atoms with Crippen LogP contribution in [0.5, 0.6) is 0 Å². The van der Waals surface area contributed by atoms with Gasteiger partial charge in [-0.3, -0.25) is 18.6 Å². The molecule has 1 saturated heterocycles. The number of hydrogen-bond donors (Lipinski definition) is 3. The third-order valence-electron chi connectivity index (χ3n) is 3.09. The number of nitrogens with two attached hydrogens (primary N) is 1. The van der Waals surface area contributed by atoms with E-state index in [-0.39, 0.29) is 13.0 Å². The van der Waals surface area contributed by atoms with Crippen molar-refractivity contribution in [3.05, 3.63) is 0 Å². The van der Waals surface area contributed by atoms with Gasteiger partial charge >= 0.3 is 13.8 Å². The van der Waals surface area contributed by atoms with Crippen LogP contribution in [0.1, 0.15) is 13.3 Å². The zero-order chi connectivity index (χ0) is 16.9. The maximum absolute atomic E-state index is 11.8. The van der Waals surface area contributed by atoms with Gasteiger partial charge in [0, 0.05) is 14.2 Å². The molecule has 11 heteroatoms. The minimum absolute atomic E-state index is 0.00347. The van der Waals surface area contributed by atoms with Crippen molar-refractivity contribution in [2.24, 2.45) is 5.73 Å². The molecule has 0 aromatic heterocycles. The number of rotatable bonds is 7. The van der Waals surface area contributed by atoms with Crippen molar-refractivity contribution < 1.29 is 37.6 Å². The van der Waals surface area contributed by atoms with Crippen LogP contribution in [0.25, 0.3) is 0 Å². The fraction of sp³-hybridized carbons (Fsp3) is 0.818. The minimum Gasteiger partial charge on any atom is -0.457 e. The van der Waals surface area contributed by atoms with E-state index in [2.05, 4.69) is 9.84 Å². The van der Waals surface area contributed by atoms with E-state index in [4.69, 9.17) is 19.7 Å². The van der Waals surface area contributed by atoms with Crippen LogP contribution in [-0.2, 0) is 32.7 Å². The van der Waals surface area contributed by atoms with Gasteiger partial charge in [0.2, 0.25) is 5.91 Å². The average molecular weight is 340 g/mol. The summed E-state index contributed by atoms with van der Waals surface area (Å²) in [7, 11) is -1.83. The van der Waals surface area contributed by atoms with Crippen molar-refractivity contribution in [3.8, 4) is 0 Å². The normalized spacial score (nSPS) is 28.7. The Balaban J connectivity index is 2.61. The van der Waals surface area contributed by atoms with Crippen molar-refractivity contribution in [1.29, 1.82) is 0 Å². The summed E-state index contributed by atoms with van der Waals surface area (Å²) < 4.78 is 31.1. The zero-order valence-electron chi connectivity index (χ0n) is 12.6. The number of esters is 1. The van der Waals surface area contributed by atoms with E-state index < -0.39 is 44.1 Å². The van der Waals surface area contributed by atoms with Crippen LogP contribution in [0.3, 0.4) is 0 Å². The molecule has 1 aliphatic heterocycles. The molecule has 0 aromatic rings. The van der Waals surface area contributed by atoms with Gasteiger partial charge in [0.05, 0.1) is 25.2 Å². The third-order valence-corrected chi connectivity index (χ3v) is 4.06. The van der Waals surface area contributed by atoms with Gasteiger partial charge in [-0.2, -0.15) is 0 Å². The van der Waals surface area contributed by atoms with Gasteiger partial charge < -0.3 is 25.4 Å². The lowest BCUT2D eigenvalue weighted by Gasteiger charge is -2.23. The fourth-order valence-electron chi connectivity index (χ4n) is 1.86. The Bertz CT molecular complexity index is 459. The average Bonchev–Trinajstić information content (AvgIpc) is 2.78. The van der Waals surface area contributed by atoms with Crippen molar-refractivity contribution in [1.82, 2.24) is 5.32 Å². The molecule has 4 N–H and O–H groups in total. The highest BCUT2D eigenvalue weighted by Gasteiger charge is 2.43. The first-order valence-electron chi connectivity index (χ1n) is 6.55. The molecule has 22 heavy (non-hydrogen) atoms. The smallest absolute Gasteiger partial charge is 0.457 e. The summed E-state index contributed by atoms with van der Waals surface area (Å²) in [5.74, 6) is -1.24. The molecule has 0 radical (unpaired) electrons. The number of carbonyl (C=O) groups is 2. The van der Waals surface area contributed by atoms with Crippen molar-refractivity contribution >= 4 is 19.7 Å². The van der Waals surface area contributed by atoms with Crippen LogP contribution in [0.15, 0.2) is 0 Å². The maximum Gasteiger partial charge on any atom is 0.472 e. The standard InChI is InChI=1S/C11H21N2O8P/c1-6-10(21-22(16,17)18-3)8(5-19-6)20-9(14)4-7(12)11(15)13-2/h6-8,10H,4-5,12H2,1-3H3,(H,13,15)(H,16,17)/t6-,7?,8?,10+/m1/s1. The highest BCUT2D eigenvalue weighted by Crippen LogP contribution is 2.45. The molecular weight excluding hydrogens is 319 g/mol. The number of nitrogens with one attached hydrogen (secondary N) is 1. The summed E-state index contributed by atoms with van der Waals surface area (Å²) in [4.78, 5) is 32.4. The van der Waals surface area contributed by atoms with Crippen LogP contribution >= 0.6 is 7.82 Å². The number of likely N-dealkylation sites (N-methyl/N-ethyl adjacent to an activating group) is 1. The molecule has 10 nitrogen and oxygen atoms in total. The van der Waals surface area contributed by atoms with Gasteiger partial charge in [-0.05, 0) is 6.92 Å². The van der Waals surface area contributed by atoms with Gasteiger partial charge in [-0.1, -0.05) is 0 Å². The molecule has 0 saturated carbocycles.